The van der Waals surface area contributed by atoms with Gasteiger partial charge in [-0.05, 0) is 18.9 Å². The molecule has 52 valence electrons. The van der Waals surface area contributed by atoms with Crippen LogP contribution in [0.3, 0.4) is 0 Å². The first kappa shape index (κ1) is 5.83. The molecular weight excluding hydrogens is 124 g/mol. The summed E-state index contributed by atoms with van der Waals surface area (Å²) in [4.78, 5) is 8.38. The molecule has 0 atom stereocenters. The zero-order valence-corrected chi connectivity index (χ0v) is 5.83. The van der Waals surface area contributed by atoms with Crippen LogP contribution in [0.2, 0.25) is 0 Å². The Hall–Kier alpha value is -0.920. The summed E-state index contributed by atoms with van der Waals surface area (Å²) in [6, 6.07) is 1.86. The number of rotatable bonds is 1. The van der Waals surface area contributed by atoms with Crippen molar-refractivity contribution in [2.75, 3.05) is 0 Å². The third-order valence-electron chi connectivity index (χ3n) is 2.06. The van der Waals surface area contributed by atoms with E-state index in [4.69, 9.17) is 0 Å². The van der Waals surface area contributed by atoms with Crippen LogP contribution in [-0.2, 0) is 0 Å². The Labute approximate surface area is 60.3 Å². The van der Waals surface area contributed by atoms with E-state index in [9.17, 15) is 0 Å². The summed E-state index contributed by atoms with van der Waals surface area (Å²) < 4.78 is 0. The summed E-state index contributed by atoms with van der Waals surface area (Å²) in [6.45, 7) is 0. The van der Waals surface area contributed by atoms with Crippen LogP contribution in [0.15, 0.2) is 18.5 Å². The minimum absolute atomic E-state index is 0.668. The highest BCUT2D eigenvalue weighted by Gasteiger charge is 2.21. The Morgan fingerprint density at radius 1 is 1.20 bits per heavy atom. The first-order chi connectivity index (χ1) is 4.97. The van der Waals surface area contributed by atoms with Crippen molar-refractivity contribution in [3.63, 3.8) is 0 Å². The quantitative estimate of drug-likeness (QED) is 0.584. The molecule has 0 spiro atoms. The van der Waals surface area contributed by atoms with Gasteiger partial charge in [-0.2, -0.15) is 0 Å². The molecule has 0 aliphatic heterocycles. The van der Waals surface area contributed by atoms with Crippen LogP contribution in [-0.4, -0.2) is 9.97 Å². The van der Waals surface area contributed by atoms with Gasteiger partial charge in [0.25, 0.3) is 0 Å². The topological polar surface area (TPSA) is 25.8 Å². The molecule has 2 nitrogen and oxygen atoms in total. The average molecular weight is 134 g/mol. The van der Waals surface area contributed by atoms with Gasteiger partial charge in [-0.3, -0.25) is 0 Å². The zero-order chi connectivity index (χ0) is 6.81. The molecule has 0 unspecified atom stereocenters. The van der Waals surface area contributed by atoms with Crippen molar-refractivity contribution in [1.29, 1.82) is 0 Å². The first-order valence-electron chi connectivity index (χ1n) is 3.74. The summed E-state index contributed by atoms with van der Waals surface area (Å²) in [5, 5.41) is 0. The van der Waals surface area contributed by atoms with Crippen LogP contribution in [0, 0.1) is 0 Å². The molecule has 0 aromatic carbocycles. The smallest absolute Gasteiger partial charge is 0.131 e. The fourth-order valence-corrected chi connectivity index (χ4v) is 1.19. The molecule has 0 N–H and O–H groups in total. The molecule has 2 heteroatoms. The summed E-state index contributed by atoms with van der Waals surface area (Å²) in [6.07, 6.45) is 7.55. The molecular formula is C8H10N2. The van der Waals surface area contributed by atoms with Crippen molar-refractivity contribution < 1.29 is 0 Å². The highest BCUT2D eigenvalue weighted by molar-refractivity contribution is 5.00. The van der Waals surface area contributed by atoms with E-state index in [2.05, 4.69) is 9.97 Å². The van der Waals surface area contributed by atoms with E-state index in [0.29, 0.717) is 5.92 Å². The van der Waals surface area contributed by atoms with Gasteiger partial charge in [0, 0.05) is 18.3 Å². The van der Waals surface area contributed by atoms with Gasteiger partial charge in [0.15, 0.2) is 0 Å². The van der Waals surface area contributed by atoms with Gasteiger partial charge in [-0.25, -0.2) is 9.97 Å². The Morgan fingerprint density at radius 2 is 1.90 bits per heavy atom. The van der Waals surface area contributed by atoms with Crippen LogP contribution in [0.4, 0.5) is 0 Å². The number of aromatic nitrogens is 2. The molecule has 1 fully saturated rings. The second-order valence-electron chi connectivity index (χ2n) is 2.73. The van der Waals surface area contributed by atoms with Crippen molar-refractivity contribution >= 4 is 0 Å². The molecule has 10 heavy (non-hydrogen) atoms. The van der Waals surface area contributed by atoms with Gasteiger partial charge in [0.2, 0.25) is 0 Å². The number of hydrogen-bond donors (Lipinski definition) is 0. The Bertz CT molecular complexity index is 204. The van der Waals surface area contributed by atoms with Crippen LogP contribution in [0.1, 0.15) is 31.0 Å². The number of nitrogens with zero attached hydrogens (tertiary/aromatic N) is 2. The highest BCUT2D eigenvalue weighted by atomic mass is 14.9. The van der Waals surface area contributed by atoms with Crippen molar-refractivity contribution in [2.24, 2.45) is 0 Å². The fraction of sp³-hybridized carbons (Fsp3) is 0.500. The maximum absolute atomic E-state index is 4.19. The summed E-state index contributed by atoms with van der Waals surface area (Å²) in [7, 11) is 0. The average Bonchev–Trinajstić information content (AvgIpc) is 1.86. The Morgan fingerprint density at radius 3 is 2.40 bits per heavy atom. The van der Waals surface area contributed by atoms with Crippen LogP contribution in [0.25, 0.3) is 0 Å². The SMILES string of the molecule is c1cnc(C2CCC2)nc1. The van der Waals surface area contributed by atoms with E-state index in [1.165, 1.54) is 19.3 Å². The van der Waals surface area contributed by atoms with E-state index < -0.39 is 0 Å². The molecule has 1 aromatic rings. The van der Waals surface area contributed by atoms with Crippen molar-refractivity contribution in [3.8, 4) is 0 Å². The standard InChI is InChI=1S/C8H10N2/c1-3-7(4-1)8-9-5-2-6-10-8/h2,5-7H,1,3-4H2. The van der Waals surface area contributed by atoms with Gasteiger partial charge >= 0.3 is 0 Å². The lowest BCUT2D eigenvalue weighted by Crippen LogP contribution is -2.11. The Balaban J connectivity index is 2.18. The van der Waals surface area contributed by atoms with Crippen molar-refractivity contribution in [3.05, 3.63) is 24.3 Å². The number of hydrogen-bond acceptors (Lipinski definition) is 2. The van der Waals surface area contributed by atoms with E-state index in [1.54, 1.807) is 0 Å². The van der Waals surface area contributed by atoms with Gasteiger partial charge in [0.05, 0.1) is 0 Å². The lowest BCUT2D eigenvalue weighted by Gasteiger charge is -2.22. The largest absolute Gasteiger partial charge is 0.241 e. The third kappa shape index (κ3) is 0.897. The molecule has 1 aliphatic carbocycles. The molecule has 1 saturated carbocycles. The molecule has 2 rings (SSSR count). The lowest BCUT2D eigenvalue weighted by atomic mass is 9.85. The molecule has 0 amide bonds. The third-order valence-corrected chi connectivity index (χ3v) is 2.06. The van der Waals surface area contributed by atoms with Gasteiger partial charge in [0.1, 0.15) is 5.82 Å². The summed E-state index contributed by atoms with van der Waals surface area (Å²) >= 11 is 0. The van der Waals surface area contributed by atoms with Gasteiger partial charge < -0.3 is 0 Å². The van der Waals surface area contributed by atoms with Crippen LogP contribution in [0.5, 0.6) is 0 Å². The zero-order valence-electron chi connectivity index (χ0n) is 5.83. The van der Waals surface area contributed by atoms with E-state index in [0.717, 1.165) is 5.82 Å². The molecule has 0 saturated heterocycles. The summed E-state index contributed by atoms with van der Waals surface area (Å²) in [5.41, 5.74) is 0. The molecule has 0 bridgehead atoms. The predicted molar refractivity (Wildman–Crippen MR) is 38.6 cm³/mol. The van der Waals surface area contributed by atoms with E-state index in [1.807, 2.05) is 18.5 Å². The minimum atomic E-state index is 0.668. The molecule has 1 aliphatic rings. The minimum Gasteiger partial charge on any atom is -0.241 e. The molecule has 0 radical (unpaired) electrons. The first-order valence-corrected chi connectivity index (χ1v) is 3.74. The van der Waals surface area contributed by atoms with Crippen LogP contribution >= 0.6 is 0 Å². The van der Waals surface area contributed by atoms with Crippen molar-refractivity contribution in [2.45, 2.75) is 25.2 Å². The predicted octanol–water partition coefficient (Wildman–Crippen LogP) is 1.74. The normalized spacial score (nSPS) is 18.4. The van der Waals surface area contributed by atoms with Crippen molar-refractivity contribution in [1.82, 2.24) is 9.97 Å². The molecule has 1 aromatic heterocycles. The van der Waals surface area contributed by atoms with E-state index in [-0.39, 0.29) is 0 Å². The maximum Gasteiger partial charge on any atom is 0.131 e. The van der Waals surface area contributed by atoms with Crippen LogP contribution < -0.4 is 0 Å². The monoisotopic (exact) mass is 134 g/mol. The summed E-state index contributed by atoms with van der Waals surface area (Å²) in [5.74, 6) is 1.70. The fourth-order valence-electron chi connectivity index (χ4n) is 1.19. The second kappa shape index (κ2) is 2.37. The van der Waals surface area contributed by atoms with Gasteiger partial charge in [-0.1, -0.05) is 6.42 Å². The lowest BCUT2D eigenvalue weighted by molar-refractivity contribution is 0.401. The molecule has 1 heterocycles. The van der Waals surface area contributed by atoms with Gasteiger partial charge in [-0.15, -0.1) is 0 Å². The van der Waals surface area contributed by atoms with E-state index >= 15 is 0 Å². The Kier molecular flexibility index (Phi) is 1.38. The second-order valence-corrected chi connectivity index (χ2v) is 2.73. The maximum atomic E-state index is 4.19. The highest BCUT2D eigenvalue weighted by Crippen LogP contribution is 2.33.